The molecular formula is C13H16BrIN2O. The Morgan fingerprint density at radius 3 is 3.06 bits per heavy atom. The summed E-state index contributed by atoms with van der Waals surface area (Å²) in [5.74, 6) is 0.0276. The van der Waals surface area contributed by atoms with Crippen molar-refractivity contribution in [1.82, 2.24) is 10.6 Å². The predicted molar refractivity (Wildman–Crippen MR) is 84.8 cm³/mol. The molecule has 2 unspecified atom stereocenters. The fourth-order valence-electron chi connectivity index (χ4n) is 2.20. The smallest absolute Gasteiger partial charge is 0.252 e. The molecule has 1 amide bonds. The molecule has 18 heavy (non-hydrogen) atoms. The van der Waals surface area contributed by atoms with Gasteiger partial charge < -0.3 is 10.6 Å². The highest BCUT2D eigenvalue weighted by molar-refractivity contribution is 14.1. The summed E-state index contributed by atoms with van der Waals surface area (Å²) in [4.78, 5) is 12.2. The highest BCUT2D eigenvalue weighted by Gasteiger charge is 2.21. The van der Waals surface area contributed by atoms with Crippen molar-refractivity contribution in [3.63, 3.8) is 0 Å². The lowest BCUT2D eigenvalue weighted by Gasteiger charge is -2.28. The summed E-state index contributed by atoms with van der Waals surface area (Å²) in [7, 11) is 0. The first-order valence-electron chi connectivity index (χ1n) is 6.05. The largest absolute Gasteiger partial charge is 0.349 e. The summed E-state index contributed by atoms with van der Waals surface area (Å²) in [6.45, 7) is 3.13. The van der Waals surface area contributed by atoms with Gasteiger partial charge in [0.25, 0.3) is 5.91 Å². The average Bonchev–Trinajstić information content (AvgIpc) is 2.32. The number of nitrogens with one attached hydrogen (secondary N) is 2. The summed E-state index contributed by atoms with van der Waals surface area (Å²) in [6.07, 6.45) is 2.00. The molecule has 5 heteroatoms. The van der Waals surface area contributed by atoms with Gasteiger partial charge in [-0.05, 0) is 67.1 Å². The highest BCUT2D eigenvalue weighted by atomic mass is 127. The van der Waals surface area contributed by atoms with Crippen LogP contribution >= 0.6 is 38.5 Å². The van der Waals surface area contributed by atoms with Crippen molar-refractivity contribution < 1.29 is 4.79 Å². The molecule has 0 spiro atoms. The molecule has 0 radical (unpaired) electrons. The number of benzene rings is 1. The normalized spacial score (nSPS) is 23.7. The fraction of sp³-hybridized carbons (Fsp3) is 0.462. The van der Waals surface area contributed by atoms with Crippen LogP contribution < -0.4 is 10.6 Å². The van der Waals surface area contributed by atoms with E-state index in [0.29, 0.717) is 6.04 Å². The summed E-state index contributed by atoms with van der Waals surface area (Å²) < 4.78 is 1.92. The van der Waals surface area contributed by atoms with E-state index in [9.17, 15) is 4.79 Å². The standard InChI is InChI=1S/C13H16BrIN2O/c1-8-6-10(4-5-16-8)17-13(18)11-7-9(14)2-3-12(11)15/h2-3,7-8,10,16H,4-6H2,1H3,(H,17,18). The first kappa shape index (κ1) is 14.3. The van der Waals surface area contributed by atoms with Crippen LogP contribution in [0.15, 0.2) is 22.7 Å². The third kappa shape index (κ3) is 3.68. The van der Waals surface area contributed by atoms with Gasteiger partial charge in [-0.15, -0.1) is 0 Å². The number of rotatable bonds is 2. The van der Waals surface area contributed by atoms with Crippen molar-refractivity contribution in [1.29, 1.82) is 0 Å². The summed E-state index contributed by atoms with van der Waals surface area (Å²) in [5, 5.41) is 6.51. The second-order valence-corrected chi connectivity index (χ2v) is 6.75. The molecule has 1 heterocycles. The zero-order chi connectivity index (χ0) is 13.1. The molecule has 3 nitrogen and oxygen atoms in total. The molecule has 0 bridgehead atoms. The zero-order valence-corrected chi connectivity index (χ0v) is 13.9. The van der Waals surface area contributed by atoms with Gasteiger partial charge in [0.1, 0.15) is 0 Å². The van der Waals surface area contributed by atoms with E-state index < -0.39 is 0 Å². The molecule has 2 N–H and O–H groups in total. The van der Waals surface area contributed by atoms with Crippen LogP contribution in [-0.2, 0) is 0 Å². The van der Waals surface area contributed by atoms with Crippen LogP contribution in [0.25, 0.3) is 0 Å². The molecule has 2 rings (SSSR count). The van der Waals surface area contributed by atoms with Crippen LogP contribution in [0.1, 0.15) is 30.1 Å². The van der Waals surface area contributed by atoms with Gasteiger partial charge in [0.15, 0.2) is 0 Å². The molecule has 1 saturated heterocycles. The van der Waals surface area contributed by atoms with Crippen LogP contribution in [0.2, 0.25) is 0 Å². The number of hydrogen-bond donors (Lipinski definition) is 2. The first-order valence-corrected chi connectivity index (χ1v) is 7.92. The number of amides is 1. The fourth-order valence-corrected chi connectivity index (χ4v) is 3.14. The van der Waals surface area contributed by atoms with Crippen molar-refractivity contribution in [2.75, 3.05) is 6.54 Å². The zero-order valence-electron chi connectivity index (χ0n) is 10.2. The Morgan fingerprint density at radius 2 is 2.33 bits per heavy atom. The van der Waals surface area contributed by atoms with Crippen molar-refractivity contribution in [2.45, 2.75) is 31.8 Å². The van der Waals surface area contributed by atoms with Crippen LogP contribution in [-0.4, -0.2) is 24.5 Å². The molecule has 98 valence electrons. The molecule has 1 aliphatic heterocycles. The van der Waals surface area contributed by atoms with Crippen molar-refractivity contribution in [3.05, 3.63) is 31.8 Å². The maximum absolute atomic E-state index is 12.2. The van der Waals surface area contributed by atoms with Gasteiger partial charge in [0.2, 0.25) is 0 Å². The van der Waals surface area contributed by atoms with E-state index in [1.807, 2.05) is 18.2 Å². The number of carbonyl (C=O) groups is 1. The Labute approximate surface area is 129 Å². The Kier molecular flexibility index (Phi) is 5.03. The van der Waals surface area contributed by atoms with Gasteiger partial charge in [-0.3, -0.25) is 4.79 Å². The third-order valence-corrected chi connectivity index (χ3v) is 4.57. The van der Waals surface area contributed by atoms with E-state index in [0.717, 1.165) is 33.0 Å². The highest BCUT2D eigenvalue weighted by Crippen LogP contribution is 2.19. The van der Waals surface area contributed by atoms with E-state index in [2.05, 4.69) is 56.1 Å². The van der Waals surface area contributed by atoms with Crippen LogP contribution in [0.5, 0.6) is 0 Å². The van der Waals surface area contributed by atoms with E-state index >= 15 is 0 Å². The Hall–Kier alpha value is -0.140. The second kappa shape index (κ2) is 6.34. The Morgan fingerprint density at radius 1 is 1.56 bits per heavy atom. The minimum atomic E-state index is 0.0276. The Bertz CT molecular complexity index is 453. The predicted octanol–water partition coefficient (Wildman–Crippen LogP) is 2.92. The van der Waals surface area contributed by atoms with Crippen molar-refractivity contribution in [2.24, 2.45) is 0 Å². The molecule has 0 aliphatic carbocycles. The number of piperidine rings is 1. The number of hydrogen-bond acceptors (Lipinski definition) is 2. The summed E-state index contributed by atoms with van der Waals surface area (Å²) in [6, 6.07) is 6.53. The first-order chi connectivity index (χ1) is 8.56. The molecule has 1 aromatic carbocycles. The molecule has 1 aromatic rings. The molecule has 2 atom stereocenters. The van der Waals surface area contributed by atoms with Gasteiger partial charge in [0.05, 0.1) is 5.56 Å². The van der Waals surface area contributed by atoms with E-state index in [4.69, 9.17) is 0 Å². The SMILES string of the molecule is CC1CC(NC(=O)c2cc(Br)ccc2I)CCN1. The number of carbonyl (C=O) groups excluding carboxylic acids is 1. The van der Waals surface area contributed by atoms with Gasteiger partial charge in [-0.25, -0.2) is 0 Å². The minimum Gasteiger partial charge on any atom is -0.349 e. The lowest BCUT2D eigenvalue weighted by Crippen LogP contribution is -2.46. The molecule has 0 aromatic heterocycles. The average molecular weight is 423 g/mol. The summed E-state index contributed by atoms with van der Waals surface area (Å²) in [5.41, 5.74) is 0.746. The second-order valence-electron chi connectivity index (χ2n) is 4.67. The quantitative estimate of drug-likeness (QED) is 0.719. The topological polar surface area (TPSA) is 41.1 Å². The lowest BCUT2D eigenvalue weighted by atomic mass is 10.0. The monoisotopic (exact) mass is 422 g/mol. The van der Waals surface area contributed by atoms with Gasteiger partial charge in [0, 0.05) is 20.1 Å². The van der Waals surface area contributed by atoms with E-state index in [1.54, 1.807) is 0 Å². The molecule has 0 saturated carbocycles. The van der Waals surface area contributed by atoms with E-state index in [1.165, 1.54) is 0 Å². The molecule has 1 aliphatic rings. The lowest BCUT2D eigenvalue weighted by molar-refractivity contribution is 0.0924. The van der Waals surface area contributed by atoms with Crippen molar-refractivity contribution in [3.8, 4) is 0 Å². The van der Waals surface area contributed by atoms with Gasteiger partial charge in [-0.1, -0.05) is 15.9 Å². The Balaban J connectivity index is 2.05. The maximum atomic E-state index is 12.2. The van der Waals surface area contributed by atoms with E-state index in [-0.39, 0.29) is 11.9 Å². The molecule has 1 fully saturated rings. The van der Waals surface area contributed by atoms with Crippen LogP contribution in [0.3, 0.4) is 0 Å². The van der Waals surface area contributed by atoms with Gasteiger partial charge in [-0.2, -0.15) is 0 Å². The van der Waals surface area contributed by atoms with Crippen LogP contribution in [0.4, 0.5) is 0 Å². The minimum absolute atomic E-state index is 0.0276. The van der Waals surface area contributed by atoms with Crippen molar-refractivity contribution >= 4 is 44.4 Å². The maximum Gasteiger partial charge on any atom is 0.252 e. The summed E-state index contributed by atoms with van der Waals surface area (Å²) >= 11 is 5.60. The van der Waals surface area contributed by atoms with Gasteiger partial charge >= 0.3 is 0 Å². The molecular weight excluding hydrogens is 407 g/mol. The third-order valence-electron chi connectivity index (χ3n) is 3.13. The number of halogens is 2. The van der Waals surface area contributed by atoms with Crippen LogP contribution in [0, 0.1) is 3.57 Å².